The number of anilines is 1. The molecule has 0 radical (unpaired) electrons. The van der Waals surface area contributed by atoms with Crippen molar-refractivity contribution in [3.05, 3.63) is 45.5 Å². The lowest BCUT2D eigenvalue weighted by atomic mass is 10.1. The molecule has 5 N–H and O–H groups in total. The number of aromatic nitrogens is 3. The number of rotatable bonds is 2. The maximum absolute atomic E-state index is 12.5. The molecule has 0 saturated heterocycles. The van der Waals surface area contributed by atoms with E-state index in [1.807, 2.05) is 6.92 Å². The highest BCUT2D eigenvalue weighted by atomic mass is 16.3. The normalized spacial score (nSPS) is 11.1. The van der Waals surface area contributed by atoms with E-state index in [1.54, 1.807) is 19.1 Å². The molecule has 2 heterocycles. The molecule has 1 amide bonds. The van der Waals surface area contributed by atoms with Gasteiger partial charge in [0.25, 0.3) is 11.5 Å². The number of carbonyl (C=O) groups is 1. The van der Waals surface area contributed by atoms with Gasteiger partial charge in [-0.25, -0.2) is 4.98 Å². The number of aromatic hydroxyl groups is 1. The number of nitrogens with two attached hydrogens (primary N) is 2. The Balaban J connectivity index is 2.59. The van der Waals surface area contributed by atoms with E-state index in [4.69, 9.17) is 11.5 Å². The molecule has 0 spiro atoms. The van der Waals surface area contributed by atoms with Crippen LogP contribution in [0.3, 0.4) is 0 Å². The number of benzene rings is 1. The Morgan fingerprint density at radius 3 is 2.58 bits per heavy atom. The zero-order valence-electron chi connectivity index (χ0n) is 13.5. The monoisotopic (exact) mass is 327 g/mol. The molecule has 0 atom stereocenters. The van der Waals surface area contributed by atoms with Gasteiger partial charge in [0.05, 0.1) is 23.0 Å². The summed E-state index contributed by atoms with van der Waals surface area (Å²) in [6.07, 6.45) is 1.35. The third kappa shape index (κ3) is 1.96. The lowest BCUT2D eigenvalue weighted by Gasteiger charge is -2.15. The van der Waals surface area contributed by atoms with Gasteiger partial charge in [-0.15, -0.1) is 0 Å². The van der Waals surface area contributed by atoms with E-state index < -0.39 is 11.5 Å². The highest BCUT2D eigenvalue weighted by Crippen LogP contribution is 2.34. The number of nitrogen functional groups attached to an aromatic ring is 1. The Kier molecular flexibility index (Phi) is 3.33. The van der Waals surface area contributed by atoms with E-state index >= 15 is 0 Å². The maximum Gasteiger partial charge on any atom is 0.263 e. The summed E-state index contributed by atoms with van der Waals surface area (Å²) in [7, 11) is 1.53. The molecule has 3 aromatic rings. The predicted molar refractivity (Wildman–Crippen MR) is 90.4 cm³/mol. The largest absolute Gasteiger partial charge is 0.508 e. The number of fused-ring (bicyclic) bond motifs is 1. The molecule has 24 heavy (non-hydrogen) atoms. The number of nitrogens with zero attached hydrogens (tertiary/aromatic N) is 3. The summed E-state index contributed by atoms with van der Waals surface area (Å²) in [6, 6.07) is 3.28. The Morgan fingerprint density at radius 1 is 1.29 bits per heavy atom. The van der Waals surface area contributed by atoms with Crippen molar-refractivity contribution in [1.29, 1.82) is 0 Å². The average Bonchev–Trinajstić information content (AvgIpc) is 2.81. The van der Waals surface area contributed by atoms with Crippen LogP contribution in [0.15, 0.2) is 23.3 Å². The minimum absolute atomic E-state index is 0.0186. The number of carbonyl (C=O) groups excluding carboxylic acids is 1. The molecule has 0 aliphatic rings. The minimum Gasteiger partial charge on any atom is -0.508 e. The van der Waals surface area contributed by atoms with E-state index in [0.29, 0.717) is 11.3 Å². The van der Waals surface area contributed by atoms with Crippen molar-refractivity contribution >= 4 is 22.8 Å². The van der Waals surface area contributed by atoms with Gasteiger partial charge in [-0.1, -0.05) is 6.07 Å². The van der Waals surface area contributed by atoms with Gasteiger partial charge in [-0.2, -0.15) is 0 Å². The lowest BCUT2D eigenvalue weighted by molar-refractivity contribution is 0.100. The van der Waals surface area contributed by atoms with Crippen molar-refractivity contribution in [2.24, 2.45) is 12.8 Å². The Bertz CT molecular complexity index is 1060. The van der Waals surface area contributed by atoms with Gasteiger partial charge in [0, 0.05) is 12.6 Å². The summed E-state index contributed by atoms with van der Waals surface area (Å²) in [5, 5.41) is 10.1. The second kappa shape index (κ2) is 5.12. The molecule has 0 aliphatic heterocycles. The highest BCUT2D eigenvalue weighted by Gasteiger charge is 2.25. The first kappa shape index (κ1) is 15.6. The van der Waals surface area contributed by atoms with E-state index in [2.05, 4.69) is 4.98 Å². The first-order chi connectivity index (χ1) is 11.3. The van der Waals surface area contributed by atoms with Crippen molar-refractivity contribution in [3.8, 4) is 11.4 Å². The number of hydrogen-bond donors (Lipinski definition) is 3. The predicted octanol–water partition coefficient (Wildman–Crippen LogP) is 0.728. The zero-order chi connectivity index (χ0) is 17.8. The first-order valence-corrected chi connectivity index (χ1v) is 7.20. The van der Waals surface area contributed by atoms with E-state index in [0.717, 1.165) is 5.56 Å². The van der Waals surface area contributed by atoms with Crippen LogP contribution in [-0.4, -0.2) is 25.1 Å². The fraction of sp³-hybridized carbons (Fsp3) is 0.188. The number of hydrogen-bond acceptors (Lipinski definition) is 5. The molecule has 0 aliphatic carbocycles. The average molecular weight is 327 g/mol. The van der Waals surface area contributed by atoms with Crippen LogP contribution in [0.1, 0.15) is 21.5 Å². The number of phenolic OH excluding ortho intramolecular Hbond substituents is 1. The number of aryl methyl sites for hydroxylation is 2. The summed E-state index contributed by atoms with van der Waals surface area (Å²) < 4.78 is 2.74. The second-order valence-electron chi connectivity index (χ2n) is 5.69. The topological polar surface area (TPSA) is 129 Å². The quantitative estimate of drug-likeness (QED) is 0.639. The van der Waals surface area contributed by atoms with Crippen LogP contribution in [0.4, 0.5) is 5.82 Å². The number of amides is 1. The molecule has 0 fully saturated rings. The van der Waals surface area contributed by atoms with Crippen molar-refractivity contribution < 1.29 is 9.90 Å². The van der Waals surface area contributed by atoms with Crippen LogP contribution in [-0.2, 0) is 7.05 Å². The Hall–Kier alpha value is -3.29. The molecule has 0 bridgehead atoms. The van der Waals surface area contributed by atoms with Crippen LogP contribution < -0.4 is 17.0 Å². The van der Waals surface area contributed by atoms with E-state index in [9.17, 15) is 14.7 Å². The van der Waals surface area contributed by atoms with Crippen molar-refractivity contribution in [2.75, 3.05) is 5.73 Å². The summed E-state index contributed by atoms with van der Waals surface area (Å²) in [6.45, 7) is 3.55. The summed E-state index contributed by atoms with van der Waals surface area (Å²) >= 11 is 0. The Morgan fingerprint density at radius 2 is 1.96 bits per heavy atom. The summed E-state index contributed by atoms with van der Waals surface area (Å²) in [5.41, 5.74) is 13.2. The molecule has 8 nitrogen and oxygen atoms in total. The first-order valence-electron chi connectivity index (χ1n) is 7.20. The standard InChI is InChI=1S/C16H17N5O3/c1-7-4-5-9(22)8(2)12(7)21-13(17)10(14(18)23)11-15(21)19-6-20(3)16(11)24/h4-6,22H,17H2,1-3H3,(H2,18,23). The highest BCUT2D eigenvalue weighted by molar-refractivity contribution is 6.10. The van der Waals surface area contributed by atoms with Crippen LogP contribution in [0.25, 0.3) is 16.7 Å². The minimum atomic E-state index is -0.809. The van der Waals surface area contributed by atoms with Gasteiger partial charge in [0.2, 0.25) is 0 Å². The Labute approximate surface area is 136 Å². The van der Waals surface area contributed by atoms with Gasteiger partial charge in [0.1, 0.15) is 11.6 Å². The maximum atomic E-state index is 12.5. The van der Waals surface area contributed by atoms with Crippen LogP contribution in [0.2, 0.25) is 0 Å². The smallest absolute Gasteiger partial charge is 0.263 e. The van der Waals surface area contributed by atoms with Crippen molar-refractivity contribution in [1.82, 2.24) is 14.1 Å². The molecule has 124 valence electrons. The van der Waals surface area contributed by atoms with E-state index in [-0.39, 0.29) is 28.2 Å². The summed E-state index contributed by atoms with van der Waals surface area (Å²) in [5.74, 6) is -0.719. The molecule has 8 heteroatoms. The molecular weight excluding hydrogens is 310 g/mol. The third-order valence-electron chi connectivity index (χ3n) is 4.14. The number of phenols is 1. The van der Waals surface area contributed by atoms with Gasteiger partial charge < -0.3 is 21.1 Å². The van der Waals surface area contributed by atoms with Gasteiger partial charge in [-0.3, -0.25) is 14.2 Å². The molecule has 2 aromatic heterocycles. The molecule has 3 rings (SSSR count). The molecule has 0 saturated carbocycles. The van der Waals surface area contributed by atoms with Crippen LogP contribution >= 0.6 is 0 Å². The zero-order valence-corrected chi connectivity index (χ0v) is 13.5. The van der Waals surface area contributed by atoms with E-state index in [1.165, 1.54) is 22.5 Å². The van der Waals surface area contributed by atoms with Gasteiger partial charge in [-0.05, 0) is 25.5 Å². The van der Waals surface area contributed by atoms with Crippen LogP contribution in [0.5, 0.6) is 5.75 Å². The van der Waals surface area contributed by atoms with Gasteiger partial charge in [0.15, 0.2) is 5.65 Å². The van der Waals surface area contributed by atoms with Gasteiger partial charge >= 0.3 is 0 Å². The fourth-order valence-corrected chi connectivity index (χ4v) is 2.92. The molecule has 1 aromatic carbocycles. The number of primary amides is 1. The molecule has 0 unspecified atom stereocenters. The second-order valence-corrected chi connectivity index (χ2v) is 5.69. The van der Waals surface area contributed by atoms with Crippen LogP contribution in [0, 0.1) is 13.8 Å². The van der Waals surface area contributed by atoms with Crippen molar-refractivity contribution in [2.45, 2.75) is 13.8 Å². The summed E-state index contributed by atoms with van der Waals surface area (Å²) in [4.78, 5) is 28.6. The lowest BCUT2D eigenvalue weighted by Crippen LogP contribution is -2.20. The fourth-order valence-electron chi connectivity index (χ4n) is 2.92. The van der Waals surface area contributed by atoms with Crippen molar-refractivity contribution in [3.63, 3.8) is 0 Å². The third-order valence-corrected chi connectivity index (χ3v) is 4.14. The SMILES string of the molecule is Cc1ccc(O)c(C)c1-n1c(N)c(C(N)=O)c2c(=O)n(C)cnc21. The molecular formula is C16H17N5O3.